The third-order valence-electron chi connectivity index (χ3n) is 4.27. The van der Waals surface area contributed by atoms with Gasteiger partial charge in [0.2, 0.25) is 5.91 Å². The number of amides is 1. The van der Waals surface area contributed by atoms with E-state index in [2.05, 4.69) is 10.3 Å². The predicted octanol–water partition coefficient (Wildman–Crippen LogP) is 4.08. The number of hydrogen-bond acceptors (Lipinski definition) is 4. The van der Waals surface area contributed by atoms with Gasteiger partial charge in [-0.1, -0.05) is 18.2 Å². The van der Waals surface area contributed by atoms with Crippen molar-refractivity contribution in [3.63, 3.8) is 0 Å². The summed E-state index contributed by atoms with van der Waals surface area (Å²) < 4.78 is 18.6. The fourth-order valence-corrected chi connectivity index (χ4v) is 2.64. The van der Waals surface area contributed by atoms with Crippen LogP contribution in [0.4, 0.5) is 4.39 Å². The average Bonchev–Trinajstić information content (AvgIpc) is 2.76. The van der Waals surface area contributed by atoms with E-state index >= 15 is 0 Å². The number of benzene rings is 2. The summed E-state index contributed by atoms with van der Waals surface area (Å²) in [5.74, 6) is -0.0754. The lowest BCUT2D eigenvalue weighted by Gasteiger charge is -2.08. The molecule has 0 aliphatic heterocycles. The molecule has 0 saturated heterocycles. The Labute approximate surface area is 168 Å². The molecule has 0 spiro atoms. The van der Waals surface area contributed by atoms with Crippen LogP contribution in [0.2, 0.25) is 0 Å². The second-order valence-electron chi connectivity index (χ2n) is 6.46. The first kappa shape index (κ1) is 20.2. The molecule has 0 aliphatic rings. The predicted molar refractivity (Wildman–Crippen MR) is 107 cm³/mol. The number of ether oxygens (including phenoxy) is 1. The molecule has 2 aromatic carbocycles. The van der Waals surface area contributed by atoms with Crippen molar-refractivity contribution >= 4 is 11.7 Å². The average molecular weight is 392 g/mol. The molecule has 0 saturated carbocycles. The molecule has 3 aromatic rings. The normalized spacial score (nSPS) is 10.4. The maximum Gasteiger partial charge on any atom is 0.220 e. The van der Waals surface area contributed by atoms with Crippen LogP contribution in [0.5, 0.6) is 5.75 Å². The fraction of sp³-hybridized carbons (Fsp3) is 0.174. The highest BCUT2D eigenvalue weighted by atomic mass is 19.1. The van der Waals surface area contributed by atoms with Crippen molar-refractivity contribution in [1.82, 2.24) is 10.3 Å². The molecular formula is C23H21FN2O3. The van der Waals surface area contributed by atoms with Crippen LogP contribution in [-0.4, -0.2) is 16.7 Å². The first-order valence-electron chi connectivity index (χ1n) is 9.27. The van der Waals surface area contributed by atoms with E-state index in [0.29, 0.717) is 18.7 Å². The summed E-state index contributed by atoms with van der Waals surface area (Å²) in [6.45, 7) is 0.753. The number of rotatable bonds is 9. The van der Waals surface area contributed by atoms with Crippen molar-refractivity contribution in [3.8, 4) is 5.75 Å². The van der Waals surface area contributed by atoms with Gasteiger partial charge in [0.05, 0.1) is 5.69 Å². The minimum absolute atomic E-state index is 0.0811. The van der Waals surface area contributed by atoms with E-state index < -0.39 is 5.82 Å². The standard InChI is InChI=1S/C23H21FN2O3/c24-19-8-6-18(7-9-19)22(27)12-13-23(28)26-15-17-4-10-21(11-5-17)29-16-20-3-1-2-14-25-20/h1-11,14H,12-13,15-16H2,(H,26,28). The molecule has 148 valence electrons. The smallest absolute Gasteiger partial charge is 0.220 e. The summed E-state index contributed by atoms with van der Waals surface area (Å²) >= 11 is 0. The van der Waals surface area contributed by atoms with Crippen molar-refractivity contribution in [1.29, 1.82) is 0 Å². The molecule has 1 amide bonds. The highest BCUT2D eigenvalue weighted by molar-refractivity contribution is 5.97. The van der Waals surface area contributed by atoms with Crippen molar-refractivity contribution in [2.75, 3.05) is 0 Å². The van der Waals surface area contributed by atoms with Gasteiger partial charge in [-0.25, -0.2) is 4.39 Å². The Hall–Kier alpha value is -3.54. The molecular weight excluding hydrogens is 371 g/mol. The molecule has 1 aromatic heterocycles. The lowest BCUT2D eigenvalue weighted by Crippen LogP contribution is -2.23. The largest absolute Gasteiger partial charge is 0.487 e. The van der Waals surface area contributed by atoms with E-state index in [1.165, 1.54) is 24.3 Å². The van der Waals surface area contributed by atoms with Crippen molar-refractivity contribution < 1.29 is 18.7 Å². The van der Waals surface area contributed by atoms with Crippen molar-refractivity contribution in [3.05, 3.63) is 95.6 Å². The highest BCUT2D eigenvalue weighted by Crippen LogP contribution is 2.14. The molecule has 0 atom stereocenters. The number of nitrogens with one attached hydrogen (secondary N) is 1. The minimum Gasteiger partial charge on any atom is -0.487 e. The van der Waals surface area contributed by atoms with E-state index in [0.717, 1.165) is 17.0 Å². The molecule has 0 fully saturated rings. The molecule has 6 heteroatoms. The summed E-state index contributed by atoms with van der Waals surface area (Å²) in [6.07, 6.45) is 1.89. The van der Waals surface area contributed by atoms with Gasteiger partial charge >= 0.3 is 0 Å². The zero-order valence-electron chi connectivity index (χ0n) is 15.8. The Balaban J connectivity index is 1.39. The Bertz CT molecular complexity index is 942. The lowest BCUT2D eigenvalue weighted by molar-refractivity contribution is -0.121. The summed E-state index contributed by atoms with van der Waals surface area (Å²) in [6, 6.07) is 18.4. The molecule has 0 aliphatic carbocycles. The second-order valence-corrected chi connectivity index (χ2v) is 6.46. The number of ketones is 1. The van der Waals surface area contributed by atoms with E-state index in [1.807, 2.05) is 42.5 Å². The summed E-state index contributed by atoms with van der Waals surface area (Å²) in [5, 5.41) is 2.79. The van der Waals surface area contributed by atoms with Crippen LogP contribution in [0.1, 0.15) is 34.5 Å². The van der Waals surface area contributed by atoms with Gasteiger partial charge in [-0.3, -0.25) is 14.6 Å². The van der Waals surface area contributed by atoms with Gasteiger partial charge < -0.3 is 10.1 Å². The van der Waals surface area contributed by atoms with Gasteiger partial charge in [0.15, 0.2) is 5.78 Å². The number of pyridine rings is 1. The quantitative estimate of drug-likeness (QED) is 0.557. The van der Waals surface area contributed by atoms with Crippen LogP contribution in [0.25, 0.3) is 0 Å². The maximum absolute atomic E-state index is 12.9. The Morgan fingerprint density at radius 3 is 2.38 bits per heavy atom. The third-order valence-corrected chi connectivity index (χ3v) is 4.27. The highest BCUT2D eigenvalue weighted by Gasteiger charge is 2.09. The first-order valence-corrected chi connectivity index (χ1v) is 9.27. The number of halogens is 1. The van der Waals surface area contributed by atoms with Crippen LogP contribution in [0, 0.1) is 5.82 Å². The second kappa shape index (κ2) is 10.1. The summed E-state index contributed by atoms with van der Waals surface area (Å²) in [5.41, 5.74) is 2.17. The fourth-order valence-electron chi connectivity index (χ4n) is 2.64. The van der Waals surface area contributed by atoms with Crippen LogP contribution >= 0.6 is 0 Å². The lowest BCUT2D eigenvalue weighted by atomic mass is 10.1. The zero-order valence-corrected chi connectivity index (χ0v) is 15.8. The Kier molecular flexibility index (Phi) is 7.05. The summed E-state index contributed by atoms with van der Waals surface area (Å²) in [7, 11) is 0. The Morgan fingerprint density at radius 1 is 0.931 bits per heavy atom. The van der Waals surface area contributed by atoms with E-state index in [9.17, 15) is 14.0 Å². The molecule has 1 N–H and O–H groups in total. The molecule has 3 rings (SSSR count). The van der Waals surface area contributed by atoms with E-state index in [1.54, 1.807) is 6.20 Å². The maximum atomic E-state index is 12.9. The van der Waals surface area contributed by atoms with E-state index in [4.69, 9.17) is 4.74 Å². The molecule has 0 bridgehead atoms. The monoisotopic (exact) mass is 392 g/mol. The number of nitrogens with zero attached hydrogens (tertiary/aromatic N) is 1. The molecule has 0 unspecified atom stereocenters. The Morgan fingerprint density at radius 2 is 1.69 bits per heavy atom. The number of hydrogen-bond donors (Lipinski definition) is 1. The minimum atomic E-state index is -0.396. The van der Waals surface area contributed by atoms with Crippen LogP contribution in [0.15, 0.2) is 72.9 Å². The number of carbonyl (C=O) groups is 2. The van der Waals surface area contributed by atoms with Gasteiger partial charge in [-0.05, 0) is 54.1 Å². The van der Waals surface area contributed by atoms with Crippen molar-refractivity contribution in [2.45, 2.75) is 26.0 Å². The van der Waals surface area contributed by atoms with Gasteiger partial charge in [0, 0.05) is 31.1 Å². The number of carbonyl (C=O) groups excluding carboxylic acids is 2. The molecule has 1 heterocycles. The van der Waals surface area contributed by atoms with Gasteiger partial charge in [0.25, 0.3) is 0 Å². The molecule has 0 radical (unpaired) electrons. The van der Waals surface area contributed by atoms with Gasteiger partial charge in [0.1, 0.15) is 18.2 Å². The van der Waals surface area contributed by atoms with Crippen molar-refractivity contribution in [2.24, 2.45) is 0 Å². The topological polar surface area (TPSA) is 68.3 Å². The SMILES string of the molecule is O=C(CCC(=O)c1ccc(F)cc1)NCc1ccc(OCc2ccccn2)cc1. The van der Waals surface area contributed by atoms with Gasteiger partial charge in [-0.2, -0.15) is 0 Å². The zero-order chi connectivity index (χ0) is 20.5. The number of aromatic nitrogens is 1. The van der Waals surface area contributed by atoms with Crippen LogP contribution in [0.3, 0.4) is 0 Å². The van der Waals surface area contributed by atoms with E-state index in [-0.39, 0.29) is 24.5 Å². The van der Waals surface area contributed by atoms with Gasteiger partial charge in [-0.15, -0.1) is 0 Å². The van der Waals surface area contributed by atoms with Crippen LogP contribution < -0.4 is 10.1 Å². The third kappa shape index (κ3) is 6.53. The summed E-state index contributed by atoms with van der Waals surface area (Å²) in [4.78, 5) is 28.2. The van der Waals surface area contributed by atoms with Crippen LogP contribution in [-0.2, 0) is 17.9 Å². The number of Topliss-reactive ketones (excluding diaryl/α,β-unsaturated/α-hetero) is 1. The molecule has 5 nitrogen and oxygen atoms in total. The first-order chi connectivity index (χ1) is 14.1. The molecule has 29 heavy (non-hydrogen) atoms.